The molecule has 0 aliphatic heterocycles. The third-order valence-electron chi connectivity index (χ3n) is 5.84. The third kappa shape index (κ3) is 4.39. The van der Waals surface area contributed by atoms with Crippen LogP contribution in [0.5, 0.6) is 11.5 Å². The van der Waals surface area contributed by atoms with Gasteiger partial charge in [-0.1, -0.05) is 30.3 Å². The number of para-hydroxylation sites is 1. The van der Waals surface area contributed by atoms with E-state index in [1.165, 1.54) is 13.2 Å². The van der Waals surface area contributed by atoms with Gasteiger partial charge in [-0.2, -0.15) is 0 Å². The topological polar surface area (TPSA) is 102 Å². The van der Waals surface area contributed by atoms with Crippen LogP contribution in [0.4, 0.5) is 5.69 Å². The van der Waals surface area contributed by atoms with Crippen molar-refractivity contribution in [3.05, 3.63) is 96.3 Å². The number of nitrogens with zero attached hydrogens (tertiary/aromatic N) is 2. The number of ether oxygens (including phenoxy) is 1. The van der Waals surface area contributed by atoms with Crippen LogP contribution in [0.25, 0.3) is 33.6 Å². The van der Waals surface area contributed by atoms with E-state index in [9.17, 15) is 9.90 Å². The first-order valence-electron chi connectivity index (χ1n) is 11.1. The number of aromatic nitrogens is 2. The van der Waals surface area contributed by atoms with E-state index in [1.54, 1.807) is 36.5 Å². The highest BCUT2D eigenvalue weighted by Crippen LogP contribution is 2.35. The summed E-state index contributed by atoms with van der Waals surface area (Å²) in [6.07, 6.45) is 5.04. The summed E-state index contributed by atoms with van der Waals surface area (Å²) in [6, 6.07) is 22.6. The lowest BCUT2D eigenvalue weighted by Crippen LogP contribution is -2.20. The molecule has 7 heteroatoms. The molecular formula is C28H24N4O3. The molecule has 0 saturated heterocycles. The van der Waals surface area contributed by atoms with E-state index < -0.39 is 0 Å². The lowest BCUT2D eigenvalue weighted by atomic mass is 10.1. The predicted molar refractivity (Wildman–Crippen MR) is 139 cm³/mol. The van der Waals surface area contributed by atoms with Crippen molar-refractivity contribution in [1.29, 1.82) is 0 Å². The number of hydrogen-bond acceptors (Lipinski definition) is 5. The number of nitrogens with one attached hydrogen (secondary N) is 1. The Kier molecular flexibility index (Phi) is 5.81. The molecule has 0 aliphatic carbocycles. The van der Waals surface area contributed by atoms with Crippen LogP contribution in [0.2, 0.25) is 0 Å². The molecule has 174 valence electrons. The number of fused-ring (bicyclic) bond motifs is 3. The maximum atomic E-state index is 12.3. The molecule has 4 N–H and O–H groups in total. The van der Waals surface area contributed by atoms with Crippen LogP contribution >= 0.6 is 0 Å². The average molecular weight is 465 g/mol. The van der Waals surface area contributed by atoms with Crippen LogP contribution in [0.3, 0.4) is 0 Å². The van der Waals surface area contributed by atoms with Gasteiger partial charge in [0.25, 0.3) is 0 Å². The number of aromatic hydroxyl groups is 1. The molecule has 0 unspecified atom stereocenters. The highest BCUT2D eigenvalue weighted by atomic mass is 16.5. The zero-order chi connectivity index (χ0) is 24.4. The van der Waals surface area contributed by atoms with Gasteiger partial charge >= 0.3 is 0 Å². The first kappa shape index (κ1) is 22.0. The Bertz CT molecular complexity index is 1570. The van der Waals surface area contributed by atoms with Crippen LogP contribution in [0.1, 0.15) is 11.3 Å². The number of hydrogen-bond donors (Lipinski definition) is 3. The fraction of sp³-hybridized carbons (Fsp3) is 0.0714. The number of nitrogens with two attached hydrogens (primary N) is 1. The van der Waals surface area contributed by atoms with Gasteiger partial charge in [-0.25, -0.2) is 0 Å². The van der Waals surface area contributed by atoms with Crippen molar-refractivity contribution in [2.75, 3.05) is 12.8 Å². The van der Waals surface area contributed by atoms with Crippen LogP contribution in [-0.4, -0.2) is 27.7 Å². The number of amides is 1. The monoisotopic (exact) mass is 464 g/mol. The molecule has 0 bridgehead atoms. The molecule has 1 amide bonds. The Hall–Kier alpha value is -4.78. The maximum Gasteiger partial charge on any atom is 0.244 e. The number of rotatable bonds is 6. The van der Waals surface area contributed by atoms with Gasteiger partial charge in [0.05, 0.1) is 42.3 Å². The van der Waals surface area contributed by atoms with E-state index in [2.05, 4.69) is 20.9 Å². The van der Waals surface area contributed by atoms with Gasteiger partial charge in [-0.15, -0.1) is 0 Å². The second kappa shape index (κ2) is 9.23. The second-order valence-electron chi connectivity index (χ2n) is 8.12. The molecule has 0 fully saturated rings. The summed E-state index contributed by atoms with van der Waals surface area (Å²) >= 11 is 0. The molecule has 0 atom stereocenters. The van der Waals surface area contributed by atoms with E-state index in [0.717, 1.165) is 38.8 Å². The zero-order valence-electron chi connectivity index (χ0n) is 19.1. The Balaban J connectivity index is 1.44. The van der Waals surface area contributed by atoms with Crippen LogP contribution in [-0.2, 0) is 11.3 Å². The number of carbonyl (C=O) groups is 1. The minimum atomic E-state index is -0.206. The third-order valence-corrected chi connectivity index (χ3v) is 5.84. The molecule has 0 radical (unpaired) electrons. The van der Waals surface area contributed by atoms with Gasteiger partial charge in [-0.3, -0.25) is 9.78 Å². The first-order valence-corrected chi connectivity index (χ1v) is 11.1. The maximum absolute atomic E-state index is 12.3. The summed E-state index contributed by atoms with van der Waals surface area (Å²) < 4.78 is 7.39. The van der Waals surface area contributed by atoms with Crippen molar-refractivity contribution in [3.8, 4) is 17.2 Å². The number of methoxy groups -OCH3 is 1. The van der Waals surface area contributed by atoms with E-state index in [0.29, 0.717) is 18.0 Å². The van der Waals surface area contributed by atoms with Crippen molar-refractivity contribution < 1.29 is 14.6 Å². The van der Waals surface area contributed by atoms with E-state index in [-0.39, 0.29) is 11.7 Å². The Morgan fingerprint density at radius 2 is 1.86 bits per heavy atom. The Morgan fingerprint density at radius 3 is 2.66 bits per heavy atom. The fourth-order valence-electron chi connectivity index (χ4n) is 4.11. The highest BCUT2D eigenvalue weighted by molar-refractivity contribution is 6.09. The number of anilines is 1. The largest absolute Gasteiger partial charge is 0.504 e. The molecular weight excluding hydrogens is 440 g/mol. The van der Waals surface area contributed by atoms with Crippen molar-refractivity contribution in [3.63, 3.8) is 0 Å². The molecule has 2 heterocycles. The van der Waals surface area contributed by atoms with Crippen LogP contribution in [0.15, 0.2) is 85.1 Å². The number of nitrogen functional groups attached to an aromatic ring is 1. The molecule has 0 aliphatic rings. The molecule has 5 rings (SSSR count). The minimum Gasteiger partial charge on any atom is -0.504 e. The fourth-order valence-corrected chi connectivity index (χ4v) is 4.11. The number of benzene rings is 3. The van der Waals surface area contributed by atoms with Crippen molar-refractivity contribution >= 4 is 39.5 Å². The quantitative estimate of drug-likeness (QED) is 0.247. The first-order chi connectivity index (χ1) is 17.0. The molecule has 3 aromatic carbocycles. The average Bonchev–Trinajstić information content (AvgIpc) is 3.21. The summed E-state index contributed by atoms with van der Waals surface area (Å²) in [5.41, 5.74) is 10.8. The van der Waals surface area contributed by atoms with Gasteiger partial charge in [0.1, 0.15) is 0 Å². The van der Waals surface area contributed by atoms with E-state index >= 15 is 0 Å². The number of pyridine rings is 1. The van der Waals surface area contributed by atoms with Crippen molar-refractivity contribution in [1.82, 2.24) is 14.9 Å². The SMILES string of the molecule is COc1cc(-n2c3ccccc3c3cc(CNC(=O)/C=C/c4ccc(N)cc4)ncc32)ccc1O. The molecule has 7 nitrogen and oxygen atoms in total. The summed E-state index contributed by atoms with van der Waals surface area (Å²) in [6.45, 7) is 0.299. The standard InChI is InChI=1S/C28H24N4O3/c1-35-27-15-21(11-12-26(27)33)32-24-5-3-2-4-22(24)23-14-20(30-17-25(23)32)16-31-28(34)13-8-18-6-9-19(29)10-7-18/h2-15,17,33H,16,29H2,1H3,(H,31,34)/b13-8+. The highest BCUT2D eigenvalue weighted by Gasteiger charge is 2.15. The minimum absolute atomic E-state index is 0.0821. The summed E-state index contributed by atoms with van der Waals surface area (Å²) in [4.78, 5) is 16.9. The zero-order valence-corrected chi connectivity index (χ0v) is 19.1. The molecule has 35 heavy (non-hydrogen) atoms. The molecule has 5 aromatic rings. The van der Waals surface area contributed by atoms with Gasteiger partial charge in [0.15, 0.2) is 11.5 Å². The van der Waals surface area contributed by atoms with Crippen LogP contribution < -0.4 is 15.8 Å². The number of phenols is 1. The predicted octanol–water partition coefficient (Wildman–Crippen LogP) is 4.80. The van der Waals surface area contributed by atoms with Gasteiger partial charge < -0.3 is 25.5 Å². The van der Waals surface area contributed by atoms with E-state index in [1.807, 2.05) is 42.5 Å². The van der Waals surface area contributed by atoms with Gasteiger partial charge in [0.2, 0.25) is 5.91 Å². The Morgan fingerprint density at radius 1 is 1.06 bits per heavy atom. The van der Waals surface area contributed by atoms with Crippen LogP contribution in [0, 0.1) is 0 Å². The van der Waals surface area contributed by atoms with Crippen molar-refractivity contribution in [2.45, 2.75) is 6.54 Å². The second-order valence-corrected chi connectivity index (χ2v) is 8.12. The van der Waals surface area contributed by atoms with Crippen molar-refractivity contribution in [2.24, 2.45) is 0 Å². The lowest BCUT2D eigenvalue weighted by molar-refractivity contribution is -0.116. The summed E-state index contributed by atoms with van der Waals surface area (Å²) in [5.74, 6) is 0.272. The normalized spacial score (nSPS) is 11.3. The van der Waals surface area contributed by atoms with Gasteiger partial charge in [0, 0.05) is 28.6 Å². The summed E-state index contributed by atoms with van der Waals surface area (Å²) in [5, 5.41) is 15.0. The molecule has 0 spiro atoms. The van der Waals surface area contributed by atoms with Gasteiger partial charge in [-0.05, 0) is 48.0 Å². The summed E-state index contributed by atoms with van der Waals surface area (Å²) in [7, 11) is 1.53. The Labute approximate surface area is 202 Å². The molecule has 0 saturated carbocycles. The molecule has 2 aromatic heterocycles. The lowest BCUT2D eigenvalue weighted by Gasteiger charge is -2.10. The smallest absolute Gasteiger partial charge is 0.244 e. The number of phenolic OH excluding ortho intramolecular Hbond substituents is 1. The van der Waals surface area contributed by atoms with E-state index in [4.69, 9.17) is 10.5 Å². The number of carbonyl (C=O) groups excluding carboxylic acids is 1.